The molecule has 0 aliphatic carbocycles. The van der Waals surface area contributed by atoms with Gasteiger partial charge in [-0.05, 0) is 13.0 Å². The number of aromatic amines is 2. The predicted octanol–water partition coefficient (Wildman–Crippen LogP) is 0.171. The highest BCUT2D eigenvalue weighted by Crippen LogP contribution is 2.13. The van der Waals surface area contributed by atoms with Gasteiger partial charge in [-0.2, -0.15) is 5.10 Å². The van der Waals surface area contributed by atoms with Crippen molar-refractivity contribution in [1.82, 2.24) is 20.6 Å². The Morgan fingerprint density at radius 3 is 2.83 bits per heavy atom. The van der Waals surface area contributed by atoms with Crippen LogP contribution >= 0.6 is 15.9 Å². The van der Waals surface area contributed by atoms with Crippen molar-refractivity contribution in [1.29, 1.82) is 0 Å². The molecular formula is C13H13BrN6O3. The number of benzene rings is 1. The fraction of sp³-hybridized carbons (Fsp3) is 0.154. The van der Waals surface area contributed by atoms with Crippen molar-refractivity contribution in [3.05, 3.63) is 55.1 Å². The summed E-state index contributed by atoms with van der Waals surface area (Å²) in [6, 6.07) is 6.59. The molecule has 1 amide bonds. The summed E-state index contributed by atoms with van der Waals surface area (Å²) >= 11 is 3.36. The van der Waals surface area contributed by atoms with Crippen LogP contribution in [-0.4, -0.2) is 33.3 Å². The Hall–Kier alpha value is -2.75. The minimum Gasteiger partial charge on any atom is -0.353 e. The van der Waals surface area contributed by atoms with Gasteiger partial charge in [-0.3, -0.25) is 14.6 Å². The third-order valence-electron chi connectivity index (χ3n) is 2.74. The number of nitrogens with zero attached hydrogens (tertiary/aromatic N) is 2. The number of H-pyrrole nitrogens is 2. The van der Waals surface area contributed by atoms with Crippen LogP contribution in [0.1, 0.15) is 12.5 Å². The monoisotopic (exact) mass is 380 g/mol. The summed E-state index contributed by atoms with van der Waals surface area (Å²) in [5.41, 5.74) is 1.70. The Balaban J connectivity index is 1.96. The summed E-state index contributed by atoms with van der Waals surface area (Å²) < 4.78 is 0.841. The molecule has 0 fully saturated rings. The molecule has 2 rings (SSSR count). The van der Waals surface area contributed by atoms with Crippen LogP contribution < -0.4 is 22.0 Å². The second-order valence-electron chi connectivity index (χ2n) is 4.48. The fourth-order valence-electron chi connectivity index (χ4n) is 1.56. The molecule has 23 heavy (non-hydrogen) atoms. The second kappa shape index (κ2) is 7.49. The zero-order valence-electron chi connectivity index (χ0n) is 12.0. The molecule has 1 atom stereocenters. The maximum absolute atomic E-state index is 11.9. The van der Waals surface area contributed by atoms with Crippen LogP contribution in [0.4, 0.5) is 5.82 Å². The van der Waals surface area contributed by atoms with Crippen molar-refractivity contribution >= 4 is 33.9 Å². The molecule has 10 heteroatoms. The average Bonchev–Trinajstić information content (AvgIpc) is 2.51. The van der Waals surface area contributed by atoms with Crippen molar-refractivity contribution in [3.63, 3.8) is 0 Å². The first-order valence-corrected chi connectivity index (χ1v) is 7.29. The maximum atomic E-state index is 11.9. The standard InChI is InChI=1S/C13H13BrN6O3/c1-7(16-10-12(22)17-13(23)20-18-10)11(21)19-15-6-8-4-2-3-5-9(8)14/h2-7H,1H3,(H,16,18)(H,19,21)(H2,17,20,22,23)/b15-6-/t7-/m1/s1. The topological polar surface area (TPSA) is 132 Å². The van der Waals surface area contributed by atoms with E-state index in [0.29, 0.717) is 0 Å². The predicted molar refractivity (Wildman–Crippen MR) is 88.4 cm³/mol. The Morgan fingerprint density at radius 1 is 1.39 bits per heavy atom. The SMILES string of the molecule is C[C@@H](Nc1n[nH]c(=O)[nH]c1=O)C(=O)N/N=C\c1ccccc1Br. The van der Waals surface area contributed by atoms with Crippen LogP contribution in [0.2, 0.25) is 0 Å². The Labute approximate surface area is 138 Å². The van der Waals surface area contributed by atoms with Gasteiger partial charge in [0.05, 0.1) is 6.21 Å². The molecule has 9 nitrogen and oxygen atoms in total. The number of halogens is 1. The Kier molecular flexibility index (Phi) is 5.41. The van der Waals surface area contributed by atoms with E-state index in [1.54, 1.807) is 0 Å². The third-order valence-corrected chi connectivity index (χ3v) is 3.46. The van der Waals surface area contributed by atoms with Gasteiger partial charge in [0.2, 0.25) is 5.82 Å². The van der Waals surface area contributed by atoms with Gasteiger partial charge in [0.25, 0.3) is 11.5 Å². The van der Waals surface area contributed by atoms with E-state index in [1.807, 2.05) is 29.2 Å². The van der Waals surface area contributed by atoms with Gasteiger partial charge in [-0.25, -0.2) is 15.3 Å². The Bertz CT molecular complexity index is 844. The summed E-state index contributed by atoms with van der Waals surface area (Å²) in [5.74, 6) is -0.636. The lowest BCUT2D eigenvalue weighted by Crippen LogP contribution is -2.38. The molecule has 1 aromatic carbocycles. The molecule has 0 saturated carbocycles. The quantitative estimate of drug-likeness (QED) is 0.433. The van der Waals surface area contributed by atoms with E-state index < -0.39 is 23.2 Å². The number of rotatable bonds is 5. The van der Waals surface area contributed by atoms with Crippen LogP contribution in [0.25, 0.3) is 0 Å². The number of amides is 1. The molecule has 0 aliphatic rings. The maximum Gasteiger partial charge on any atom is 0.342 e. The average molecular weight is 381 g/mol. The molecule has 120 valence electrons. The summed E-state index contributed by atoms with van der Waals surface area (Å²) in [7, 11) is 0. The molecule has 1 heterocycles. The van der Waals surface area contributed by atoms with Gasteiger partial charge in [-0.1, -0.05) is 34.1 Å². The van der Waals surface area contributed by atoms with E-state index in [0.717, 1.165) is 10.0 Å². The van der Waals surface area contributed by atoms with Crippen LogP contribution in [-0.2, 0) is 4.79 Å². The van der Waals surface area contributed by atoms with Gasteiger partial charge in [0.1, 0.15) is 6.04 Å². The minimum absolute atomic E-state index is 0.165. The zero-order chi connectivity index (χ0) is 16.8. The largest absolute Gasteiger partial charge is 0.353 e. The summed E-state index contributed by atoms with van der Waals surface area (Å²) in [4.78, 5) is 36.2. The number of hydrazone groups is 1. The van der Waals surface area contributed by atoms with Crippen molar-refractivity contribution in [3.8, 4) is 0 Å². The second-order valence-corrected chi connectivity index (χ2v) is 5.33. The van der Waals surface area contributed by atoms with Gasteiger partial charge in [0.15, 0.2) is 0 Å². The zero-order valence-corrected chi connectivity index (χ0v) is 13.5. The number of carbonyl (C=O) groups excluding carboxylic acids is 1. The van der Waals surface area contributed by atoms with E-state index in [1.165, 1.54) is 13.1 Å². The summed E-state index contributed by atoms with van der Waals surface area (Å²) in [6.07, 6.45) is 1.49. The molecule has 1 aromatic heterocycles. The van der Waals surface area contributed by atoms with Crippen LogP contribution in [0.15, 0.2) is 43.4 Å². The third kappa shape index (κ3) is 4.61. The van der Waals surface area contributed by atoms with E-state index >= 15 is 0 Å². The highest BCUT2D eigenvalue weighted by Gasteiger charge is 2.14. The van der Waals surface area contributed by atoms with Gasteiger partial charge in [0, 0.05) is 10.0 Å². The number of hydrogen-bond acceptors (Lipinski definition) is 6. The number of hydrogen-bond donors (Lipinski definition) is 4. The van der Waals surface area contributed by atoms with Crippen LogP contribution in [0.3, 0.4) is 0 Å². The lowest BCUT2D eigenvalue weighted by molar-refractivity contribution is -0.121. The molecule has 0 radical (unpaired) electrons. The highest BCUT2D eigenvalue weighted by atomic mass is 79.9. The minimum atomic E-state index is -0.786. The first-order valence-electron chi connectivity index (χ1n) is 6.50. The molecule has 0 unspecified atom stereocenters. The van der Waals surface area contributed by atoms with Gasteiger partial charge >= 0.3 is 5.69 Å². The van der Waals surface area contributed by atoms with Crippen molar-refractivity contribution in [2.24, 2.45) is 5.10 Å². The number of anilines is 1. The highest BCUT2D eigenvalue weighted by molar-refractivity contribution is 9.10. The smallest absolute Gasteiger partial charge is 0.342 e. The van der Waals surface area contributed by atoms with E-state index in [2.05, 4.69) is 42.0 Å². The normalized spacial score (nSPS) is 12.1. The lowest BCUT2D eigenvalue weighted by atomic mass is 10.2. The van der Waals surface area contributed by atoms with Crippen molar-refractivity contribution in [2.45, 2.75) is 13.0 Å². The van der Waals surface area contributed by atoms with Crippen LogP contribution in [0.5, 0.6) is 0 Å². The fourth-order valence-corrected chi connectivity index (χ4v) is 1.95. The van der Waals surface area contributed by atoms with E-state index in [-0.39, 0.29) is 5.82 Å². The number of aromatic nitrogens is 3. The lowest BCUT2D eigenvalue weighted by Gasteiger charge is -2.11. The van der Waals surface area contributed by atoms with Crippen LogP contribution in [0, 0.1) is 0 Å². The first-order chi connectivity index (χ1) is 11.0. The van der Waals surface area contributed by atoms with Gasteiger partial charge in [-0.15, -0.1) is 5.10 Å². The van der Waals surface area contributed by atoms with E-state index in [4.69, 9.17) is 0 Å². The molecule has 2 aromatic rings. The first kappa shape index (κ1) is 16.6. The van der Waals surface area contributed by atoms with Crippen molar-refractivity contribution in [2.75, 3.05) is 5.32 Å². The number of carbonyl (C=O) groups is 1. The molecule has 0 bridgehead atoms. The molecule has 0 spiro atoms. The molecule has 0 saturated heterocycles. The summed E-state index contributed by atoms with van der Waals surface area (Å²) in [6.45, 7) is 1.52. The van der Waals surface area contributed by atoms with E-state index in [9.17, 15) is 14.4 Å². The van der Waals surface area contributed by atoms with Crippen molar-refractivity contribution < 1.29 is 4.79 Å². The summed E-state index contributed by atoms with van der Waals surface area (Å²) in [5, 5.41) is 12.0. The number of nitrogens with one attached hydrogen (secondary N) is 4. The molecular weight excluding hydrogens is 368 g/mol. The molecule has 4 N–H and O–H groups in total. The Morgan fingerprint density at radius 2 is 2.13 bits per heavy atom. The van der Waals surface area contributed by atoms with Gasteiger partial charge < -0.3 is 5.32 Å². The molecule has 0 aliphatic heterocycles.